The van der Waals surface area contributed by atoms with Crippen LogP contribution in [0.3, 0.4) is 0 Å². The number of aromatic amines is 1. The van der Waals surface area contributed by atoms with Crippen LogP contribution in [0.4, 0.5) is 5.82 Å². The standard InChI is InChI=1S/C11H18N4O2/c1-3-7-4-13-15-9(7)14-10(16)11(2)6-17-5-8(11)12/h4,8H,3,5-6,12H2,1-2H3,(H2,13,14,15,16). The summed E-state index contributed by atoms with van der Waals surface area (Å²) in [6.45, 7) is 4.61. The van der Waals surface area contributed by atoms with E-state index in [4.69, 9.17) is 10.5 Å². The summed E-state index contributed by atoms with van der Waals surface area (Å²) in [5.41, 5.74) is 6.21. The van der Waals surface area contributed by atoms with E-state index in [2.05, 4.69) is 15.5 Å². The van der Waals surface area contributed by atoms with Crippen LogP contribution in [0.15, 0.2) is 6.20 Å². The summed E-state index contributed by atoms with van der Waals surface area (Å²) in [5.74, 6) is 0.527. The Kier molecular flexibility index (Phi) is 3.17. The number of rotatable bonds is 3. The number of anilines is 1. The lowest BCUT2D eigenvalue weighted by molar-refractivity contribution is -0.125. The predicted molar refractivity (Wildman–Crippen MR) is 63.5 cm³/mol. The Labute approximate surface area is 99.9 Å². The fourth-order valence-electron chi connectivity index (χ4n) is 1.87. The number of hydrogen-bond acceptors (Lipinski definition) is 4. The third-order valence-electron chi connectivity index (χ3n) is 3.37. The highest BCUT2D eigenvalue weighted by Gasteiger charge is 2.44. The molecule has 17 heavy (non-hydrogen) atoms. The molecule has 1 aromatic heterocycles. The van der Waals surface area contributed by atoms with Gasteiger partial charge in [-0.1, -0.05) is 6.92 Å². The Morgan fingerprint density at radius 1 is 1.82 bits per heavy atom. The molecule has 94 valence electrons. The van der Waals surface area contributed by atoms with E-state index in [9.17, 15) is 4.79 Å². The van der Waals surface area contributed by atoms with Gasteiger partial charge in [-0.25, -0.2) is 0 Å². The van der Waals surface area contributed by atoms with Gasteiger partial charge < -0.3 is 15.8 Å². The number of ether oxygens (including phenoxy) is 1. The van der Waals surface area contributed by atoms with E-state index < -0.39 is 5.41 Å². The SMILES string of the molecule is CCc1cn[nH]c1NC(=O)C1(C)COCC1N. The highest BCUT2D eigenvalue weighted by Crippen LogP contribution is 2.28. The van der Waals surface area contributed by atoms with Gasteiger partial charge in [-0.05, 0) is 13.3 Å². The summed E-state index contributed by atoms with van der Waals surface area (Å²) in [5, 5.41) is 9.53. The molecule has 0 spiro atoms. The highest BCUT2D eigenvalue weighted by atomic mass is 16.5. The number of amides is 1. The number of carbonyl (C=O) groups is 1. The van der Waals surface area contributed by atoms with Gasteiger partial charge in [-0.3, -0.25) is 9.89 Å². The van der Waals surface area contributed by atoms with Crippen molar-refractivity contribution in [3.63, 3.8) is 0 Å². The largest absolute Gasteiger partial charge is 0.379 e. The molecule has 0 aliphatic carbocycles. The first-order valence-corrected chi connectivity index (χ1v) is 5.75. The number of nitrogens with two attached hydrogens (primary N) is 1. The zero-order valence-corrected chi connectivity index (χ0v) is 10.1. The van der Waals surface area contributed by atoms with Crippen molar-refractivity contribution < 1.29 is 9.53 Å². The smallest absolute Gasteiger partial charge is 0.235 e. The van der Waals surface area contributed by atoms with E-state index in [1.807, 2.05) is 13.8 Å². The van der Waals surface area contributed by atoms with Crippen LogP contribution in [0, 0.1) is 5.41 Å². The van der Waals surface area contributed by atoms with Crippen molar-refractivity contribution in [3.8, 4) is 0 Å². The van der Waals surface area contributed by atoms with Gasteiger partial charge in [0, 0.05) is 11.6 Å². The number of aromatic nitrogens is 2. The number of H-pyrrole nitrogens is 1. The van der Waals surface area contributed by atoms with Gasteiger partial charge in [-0.15, -0.1) is 0 Å². The summed E-state index contributed by atoms with van der Waals surface area (Å²) in [7, 11) is 0. The van der Waals surface area contributed by atoms with E-state index in [-0.39, 0.29) is 11.9 Å². The maximum atomic E-state index is 12.2. The van der Waals surface area contributed by atoms with Crippen molar-refractivity contribution in [1.82, 2.24) is 10.2 Å². The average molecular weight is 238 g/mol. The molecular formula is C11H18N4O2. The van der Waals surface area contributed by atoms with E-state index in [1.54, 1.807) is 6.20 Å². The molecule has 1 aliphatic heterocycles. The van der Waals surface area contributed by atoms with E-state index in [0.29, 0.717) is 19.0 Å². The molecule has 1 saturated heterocycles. The highest BCUT2D eigenvalue weighted by molar-refractivity contribution is 5.95. The number of aryl methyl sites for hydroxylation is 1. The van der Waals surface area contributed by atoms with Crippen LogP contribution in [-0.4, -0.2) is 35.4 Å². The van der Waals surface area contributed by atoms with Gasteiger partial charge in [0.25, 0.3) is 0 Å². The van der Waals surface area contributed by atoms with E-state index in [0.717, 1.165) is 12.0 Å². The third-order valence-corrected chi connectivity index (χ3v) is 3.37. The molecule has 0 saturated carbocycles. The normalized spacial score (nSPS) is 28.3. The van der Waals surface area contributed by atoms with Gasteiger partial charge in [0.05, 0.1) is 24.8 Å². The first kappa shape index (κ1) is 12.1. The van der Waals surface area contributed by atoms with Crippen LogP contribution >= 0.6 is 0 Å². The molecule has 2 atom stereocenters. The van der Waals surface area contributed by atoms with Crippen molar-refractivity contribution >= 4 is 11.7 Å². The summed E-state index contributed by atoms with van der Waals surface area (Å²) in [4.78, 5) is 12.2. The summed E-state index contributed by atoms with van der Waals surface area (Å²) >= 11 is 0. The van der Waals surface area contributed by atoms with Crippen molar-refractivity contribution in [1.29, 1.82) is 0 Å². The Bertz CT molecular complexity index is 417. The Morgan fingerprint density at radius 3 is 3.18 bits per heavy atom. The first-order chi connectivity index (χ1) is 8.08. The van der Waals surface area contributed by atoms with Crippen molar-refractivity contribution in [2.24, 2.45) is 11.1 Å². The summed E-state index contributed by atoms with van der Waals surface area (Å²) in [6.07, 6.45) is 2.52. The van der Waals surface area contributed by atoms with Crippen LogP contribution in [0.1, 0.15) is 19.4 Å². The number of carbonyl (C=O) groups excluding carboxylic acids is 1. The maximum absolute atomic E-state index is 12.2. The first-order valence-electron chi connectivity index (χ1n) is 5.75. The molecule has 1 fully saturated rings. The van der Waals surface area contributed by atoms with Gasteiger partial charge in [0.1, 0.15) is 5.82 Å². The molecule has 6 heteroatoms. The molecule has 1 amide bonds. The lowest BCUT2D eigenvalue weighted by atomic mass is 9.85. The number of nitrogens with one attached hydrogen (secondary N) is 2. The summed E-state index contributed by atoms with van der Waals surface area (Å²) < 4.78 is 5.26. The minimum Gasteiger partial charge on any atom is -0.379 e. The van der Waals surface area contributed by atoms with Crippen molar-refractivity contribution in [2.45, 2.75) is 26.3 Å². The molecule has 0 radical (unpaired) electrons. The van der Waals surface area contributed by atoms with Crippen LogP contribution in [0.5, 0.6) is 0 Å². The topological polar surface area (TPSA) is 93.0 Å². The lowest BCUT2D eigenvalue weighted by Gasteiger charge is -2.25. The quantitative estimate of drug-likeness (QED) is 0.705. The van der Waals surface area contributed by atoms with Crippen LogP contribution in [-0.2, 0) is 16.0 Å². The Morgan fingerprint density at radius 2 is 2.59 bits per heavy atom. The molecular weight excluding hydrogens is 220 g/mol. The molecule has 4 N–H and O–H groups in total. The second-order valence-electron chi connectivity index (χ2n) is 4.62. The fraction of sp³-hybridized carbons (Fsp3) is 0.636. The molecule has 0 aromatic carbocycles. The number of nitrogens with zero attached hydrogens (tertiary/aromatic N) is 1. The van der Waals surface area contributed by atoms with Crippen molar-refractivity contribution in [2.75, 3.05) is 18.5 Å². The third kappa shape index (κ3) is 2.05. The van der Waals surface area contributed by atoms with Crippen LogP contribution < -0.4 is 11.1 Å². The van der Waals surface area contributed by atoms with E-state index >= 15 is 0 Å². The van der Waals surface area contributed by atoms with Gasteiger partial charge >= 0.3 is 0 Å². The van der Waals surface area contributed by atoms with Gasteiger partial charge in [0.15, 0.2) is 0 Å². The number of hydrogen-bond donors (Lipinski definition) is 3. The Hall–Kier alpha value is -1.40. The molecule has 6 nitrogen and oxygen atoms in total. The second-order valence-corrected chi connectivity index (χ2v) is 4.62. The molecule has 0 bridgehead atoms. The zero-order valence-electron chi connectivity index (χ0n) is 10.1. The van der Waals surface area contributed by atoms with Crippen LogP contribution in [0.25, 0.3) is 0 Å². The summed E-state index contributed by atoms with van der Waals surface area (Å²) in [6, 6.07) is -0.268. The molecule has 1 aliphatic rings. The minimum atomic E-state index is -0.671. The monoisotopic (exact) mass is 238 g/mol. The van der Waals surface area contributed by atoms with E-state index in [1.165, 1.54) is 0 Å². The lowest BCUT2D eigenvalue weighted by Crippen LogP contribution is -2.47. The fourth-order valence-corrected chi connectivity index (χ4v) is 1.87. The predicted octanol–water partition coefficient (Wildman–Crippen LogP) is 0.274. The molecule has 2 rings (SSSR count). The second kappa shape index (κ2) is 4.46. The average Bonchev–Trinajstić information content (AvgIpc) is 2.87. The zero-order chi connectivity index (χ0) is 12.5. The molecule has 2 heterocycles. The molecule has 2 unspecified atom stereocenters. The van der Waals surface area contributed by atoms with Crippen molar-refractivity contribution in [3.05, 3.63) is 11.8 Å². The Balaban J connectivity index is 2.12. The molecule has 1 aromatic rings. The van der Waals surface area contributed by atoms with Crippen LogP contribution in [0.2, 0.25) is 0 Å². The minimum absolute atomic E-state index is 0.124. The maximum Gasteiger partial charge on any atom is 0.235 e. The van der Waals surface area contributed by atoms with Gasteiger partial charge in [-0.2, -0.15) is 5.10 Å². The van der Waals surface area contributed by atoms with Gasteiger partial charge in [0.2, 0.25) is 5.91 Å².